The molecule has 2 aromatic rings. The third-order valence-electron chi connectivity index (χ3n) is 4.40. The maximum absolute atomic E-state index is 12.1. The molecule has 0 spiro atoms. The molecule has 2 aromatic carbocycles. The number of aryl methyl sites for hydroxylation is 1. The number of ether oxygens (including phenoxy) is 1. The van der Waals surface area contributed by atoms with Crippen molar-refractivity contribution in [2.45, 2.75) is 31.4 Å². The molecule has 2 unspecified atom stereocenters. The minimum absolute atomic E-state index is 0.000464. The summed E-state index contributed by atoms with van der Waals surface area (Å²) in [5, 5.41) is 15.2. The van der Waals surface area contributed by atoms with E-state index in [1.807, 2.05) is 42.5 Å². The molecule has 2 atom stereocenters. The van der Waals surface area contributed by atoms with Gasteiger partial charge in [-0.3, -0.25) is 0 Å². The van der Waals surface area contributed by atoms with Gasteiger partial charge in [0.1, 0.15) is 11.9 Å². The Morgan fingerprint density at radius 1 is 1.12 bits per heavy atom. The van der Waals surface area contributed by atoms with Gasteiger partial charge in [-0.25, -0.2) is 4.79 Å². The Labute approximate surface area is 148 Å². The lowest BCUT2D eigenvalue weighted by Crippen LogP contribution is -2.43. The number of phenolic OH excluding ortho intramolecular Hbond substituents is 1. The van der Waals surface area contributed by atoms with Crippen LogP contribution in [-0.2, 0) is 11.2 Å². The Bertz CT molecular complexity index is 673. The number of amides is 2. The Kier molecular flexibility index (Phi) is 5.90. The summed E-state index contributed by atoms with van der Waals surface area (Å²) >= 11 is 0. The van der Waals surface area contributed by atoms with E-state index in [9.17, 15) is 9.90 Å². The SMILES string of the molecule is O=C(NCCCc1ccc(O)cc1)NC1CCOC1c1ccccc1. The molecule has 3 rings (SSSR count). The number of carbonyl (C=O) groups is 1. The van der Waals surface area contributed by atoms with Gasteiger partial charge in [-0.2, -0.15) is 0 Å². The summed E-state index contributed by atoms with van der Waals surface area (Å²) in [6.45, 7) is 1.27. The molecule has 0 radical (unpaired) electrons. The van der Waals surface area contributed by atoms with E-state index in [1.165, 1.54) is 0 Å². The summed E-state index contributed by atoms with van der Waals surface area (Å²) in [5.74, 6) is 0.271. The lowest BCUT2D eigenvalue weighted by molar-refractivity contribution is 0.0999. The van der Waals surface area contributed by atoms with Crippen molar-refractivity contribution in [2.24, 2.45) is 0 Å². The maximum Gasteiger partial charge on any atom is 0.315 e. The zero-order valence-corrected chi connectivity index (χ0v) is 14.2. The number of carbonyl (C=O) groups excluding carboxylic acids is 1. The average molecular weight is 340 g/mol. The number of rotatable bonds is 6. The van der Waals surface area contributed by atoms with Crippen LogP contribution in [0.15, 0.2) is 54.6 Å². The highest BCUT2D eigenvalue weighted by molar-refractivity contribution is 5.74. The van der Waals surface area contributed by atoms with Crippen molar-refractivity contribution < 1.29 is 14.6 Å². The van der Waals surface area contributed by atoms with E-state index < -0.39 is 0 Å². The van der Waals surface area contributed by atoms with Crippen molar-refractivity contribution >= 4 is 6.03 Å². The van der Waals surface area contributed by atoms with Crippen molar-refractivity contribution in [2.75, 3.05) is 13.2 Å². The highest BCUT2D eigenvalue weighted by Crippen LogP contribution is 2.28. The maximum atomic E-state index is 12.1. The van der Waals surface area contributed by atoms with E-state index in [0.29, 0.717) is 13.2 Å². The number of hydrogen-bond donors (Lipinski definition) is 3. The fraction of sp³-hybridized carbons (Fsp3) is 0.350. The minimum Gasteiger partial charge on any atom is -0.508 e. The standard InChI is InChI=1S/C20H24N2O3/c23-17-10-8-15(9-11-17)5-4-13-21-20(24)22-18-12-14-25-19(18)16-6-2-1-3-7-16/h1-3,6-11,18-19,23H,4-5,12-14H2,(H2,21,22,24). The number of aromatic hydroxyl groups is 1. The predicted molar refractivity (Wildman–Crippen MR) is 96.5 cm³/mol. The smallest absolute Gasteiger partial charge is 0.315 e. The number of hydrogen-bond acceptors (Lipinski definition) is 3. The van der Waals surface area contributed by atoms with Gasteiger partial charge in [0, 0.05) is 13.2 Å². The molecular weight excluding hydrogens is 316 g/mol. The monoisotopic (exact) mass is 340 g/mol. The summed E-state index contributed by atoms with van der Waals surface area (Å²) in [6.07, 6.45) is 2.45. The first kappa shape index (κ1) is 17.3. The first-order valence-electron chi connectivity index (χ1n) is 8.71. The number of nitrogens with one attached hydrogen (secondary N) is 2. The van der Waals surface area contributed by atoms with Gasteiger partial charge in [0.05, 0.1) is 6.04 Å². The molecule has 3 N–H and O–H groups in total. The molecule has 1 aliphatic rings. The van der Waals surface area contributed by atoms with Gasteiger partial charge in [0.2, 0.25) is 0 Å². The predicted octanol–water partition coefficient (Wildman–Crippen LogP) is 3.15. The van der Waals surface area contributed by atoms with E-state index in [1.54, 1.807) is 12.1 Å². The van der Waals surface area contributed by atoms with Gasteiger partial charge < -0.3 is 20.5 Å². The normalized spacial score (nSPS) is 19.5. The van der Waals surface area contributed by atoms with Crippen LogP contribution in [0.1, 0.15) is 30.1 Å². The molecule has 1 fully saturated rings. The van der Waals surface area contributed by atoms with Gasteiger partial charge in [-0.15, -0.1) is 0 Å². The second-order valence-electron chi connectivity index (χ2n) is 6.27. The summed E-state index contributed by atoms with van der Waals surface area (Å²) < 4.78 is 5.78. The fourth-order valence-electron chi connectivity index (χ4n) is 3.09. The third kappa shape index (κ3) is 4.97. The fourth-order valence-corrected chi connectivity index (χ4v) is 3.09. The van der Waals surface area contributed by atoms with Crippen molar-refractivity contribution in [1.82, 2.24) is 10.6 Å². The van der Waals surface area contributed by atoms with Crippen molar-refractivity contribution in [3.05, 3.63) is 65.7 Å². The Morgan fingerprint density at radius 3 is 2.64 bits per heavy atom. The molecule has 5 heteroatoms. The molecule has 25 heavy (non-hydrogen) atoms. The van der Waals surface area contributed by atoms with Gasteiger partial charge >= 0.3 is 6.03 Å². The topological polar surface area (TPSA) is 70.6 Å². The van der Waals surface area contributed by atoms with Gasteiger partial charge in [-0.1, -0.05) is 42.5 Å². The third-order valence-corrected chi connectivity index (χ3v) is 4.40. The molecule has 0 aromatic heterocycles. The van der Waals surface area contributed by atoms with Gasteiger partial charge in [-0.05, 0) is 42.5 Å². The van der Waals surface area contributed by atoms with Crippen LogP contribution in [0.4, 0.5) is 4.79 Å². The molecule has 1 heterocycles. The van der Waals surface area contributed by atoms with Crippen LogP contribution in [0.3, 0.4) is 0 Å². The first-order chi connectivity index (χ1) is 12.2. The molecule has 0 aliphatic carbocycles. The zero-order valence-electron chi connectivity index (χ0n) is 14.2. The van der Waals surface area contributed by atoms with Crippen LogP contribution in [-0.4, -0.2) is 30.3 Å². The number of benzene rings is 2. The minimum atomic E-state index is -0.151. The summed E-state index contributed by atoms with van der Waals surface area (Å²) in [7, 11) is 0. The molecule has 5 nitrogen and oxygen atoms in total. The van der Waals surface area contributed by atoms with Crippen LogP contribution in [0, 0.1) is 0 Å². The summed E-state index contributed by atoms with van der Waals surface area (Å²) in [6, 6.07) is 17.0. The Balaban J connectivity index is 1.40. The lowest BCUT2D eigenvalue weighted by Gasteiger charge is -2.20. The Hall–Kier alpha value is -2.53. The van der Waals surface area contributed by atoms with Crippen LogP contribution < -0.4 is 10.6 Å². The van der Waals surface area contributed by atoms with Crippen LogP contribution in [0.2, 0.25) is 0 Å². The zero-order chi connectivity index (χ0) is 17.5. The molecule has 0 saturated carbocycles. The van der Waals surface area contributed by atoms with E-state index in [2.05, 4.69) is 10.6 Å². The lowest BCUT2D eigenvalue weighted by atomic mass is 10.0. The van der Waals surface area contributed by atoms with E-state index in [-0.39, 0.29) is 23.9 Å². The molecule has 1 saturated heterocycles. The second-order valence-corrected chi connectivity index (χ2v) is 6.27. The van der Waals surface area contributed by atoms with E-state index in [4.69, 9.17) is 4.74 Å². The largest absolute Gasteiger partial charge is 0.508 e. The highest BCUT2D eigenvalue weighted by Gasteiger charge is 2.30. The van der Waals surface area contributed by atoms with Crippen LogP contribution in [0.25, 0.3) is 0 Å². The molecule has 1 aliphatic heterocycles. The van der Waals surface area contributed by atoms with Gasteiger partial charge in [0.15, 0.2) is 0 Å². The van der Waals surface area contributed by atoms with E-state index in [0.717, 1.165) is 30.4 Å². The number of urea groups is 1. The number of phenols is 1. The van der Waals surface area contributed by atoms with E-state index >= 15 is 0 Å². The second kappa shape index (κ2) is 8.53. The summed E-state index contributed by atoms with van der Waals surface area (Å²) in [5.41, 5.74) is 2.24. The quantitative estimate of drug-likeness (QED) is 0.708. The first-order valence-corrected chi connectivity index (χ1v) is 8.71. The molecule has 0 bridgehead atoms. The molecular formula is C20H24N2O3. The molecule has 132 valence electrons. The summed E-state index contributed by atoms with van der Waals surface area (Å²) in [4.78, 5) is 12.1. The van der Waals surface area contributed by atoms with Crippen molar-refractivity contribution in [1.29, 1.82) is 0 Å². The van der Waals surface area contributed by atoms with Crippen LogP contribution in [0.5, 0.6) is 5.75 Å². The molecule has 2 amide bonds. The van der Waals surface area contributed by atoms with Crippen molar-refractivity contribution in [3.63, 3.8) is 0 Å². The van der Waals surface area contributed by atoms with Crippen LogP contribution >= 0.6 is 0 Å². The highest BCUT2D eigenvalue weighted by atomic mass is 16.5. The van der Waals surface area contributed by atoms with Crippen molar-refractivity contribution in [3.8, 4) is 5.75 Å². The van der Waals surface area contributed by atoms with Gasteiger partial charge in [0.25, 0.3) is 0 Å². The average Bonchev–Trinajstić information content (AvgIpc) is 3.09. The Morgan fingerprint density at radius 2 is 1.88 bits per heavy atom.